The van der Waals surface area contributed by atoms with Crippen LogP contribution in [0.2, 0.25) is 0 Å². The average molecular weight is 736 g/mol. The summed E-state index contributed by atoms with van der Waals surface area (Å²) in [4.78, 5) is 2.71. The summed E-state index contributed by atoms with van der Waals surface area (Å²) in [6.45, 7) is 30.0. The number of benzene rings is 5. The second-order valence-electron chi connectivity index (χ2n) is 22.6. The number of anilines is 3. The lowest BCUT2D eigenvalue weighted by atomic mass is 9.36. The van der Waals surface area contributed by atoms with E-state index < -0.39 is 0 Å². The van der Waals surface area contributed by atoms with Crippen LogP contribution < -0.4 is 21.3 Å². The van der Waals surface area contributed by atoms with Gasteiger partial charge in [-0.1, -0.05) is 143 Å². The zero-order valence-electron chi connectivity index (χ0n) is 36.4. The van der Waals surface area contributed by atoms with Gasteiger partial charge in [0.1, 0.15) is 0 Å². The highest BCUT2D eigenvalue weighted by molar-refractivity contribution is 7.01. The Morgan fingerprint density at radius 1 is 0.393 bits per heavy atom. The van der Waals surface area contributed by atoms with Crippen molar-refractivity contribution >= 4 is 40.2 Å². The molecule has 0 aromatic heterocycles. The number of nitrogens with zero attached hydrogens (tertiary/aromatic N) is 1. The third-order valence-corrected chi connectivity index (χ3v) is 16.1. The fourth-order valence-corrected chi connectivity index (χ4v) is 11.9. The van der Waals surface area contributed by atoms with Gasteiger partial charge in [-0.25, -0.2) is 0 Å². The van der Waals surface area contributed by atoms with Crippen LogP contribution in [-0.2, 0) is 32.5 Å². The third kappa shape index (κ3) is 5.05. The monoisotopic (exact) mass is 735 g/mol. The van der Waals surface area contributed by atoms with E-state index in [-0.39, 0.29) is 39.2 Å². The van der Waals surface area contributed by atoms with Gasteiger partial charge >= 0.3 is 0 Å². The largest absolute Gasteiger partial charge is 0.311 e. The van der Waals surface area contributed by atoms with Crippen LogP contribution in [0.25, 0.3) is 22.3 Å². The first-order chi connectivity index (χ1) is 26.2. The van der Waals surface area contributed by atoms with Gasteiger partial charge in [-0.3, -0.25) is 0 Å². The number of fused-ring (bicyclic) bond motifs is 8. The first-order valence-electron chi connectivity index (χ1n) is 21.8. The van der Waals surface area contributed by atoms with Gasteiger partial charge in [0.25, 0.3) is 0 Å². The van der Waals surface area contributed by atoms with E-state index in [0.29, 0.717) is 0 Å². The second-order valence-corrected chi connectivity index (χ2v) is 22.6. The average Bonchev–Trinajstić information content (AvgIpc) is 3.48. The standard InChI is InChI=1S/C54H62BN/c1-49(2)20-21-50(3,4)39-28-35(18-19-38(39)49)56-46-32-43-42(53(9,10)24-25-54(43,11)12)31-45(46)55-44-30-41-40(51(5,6)22-23-52(41,7)8)29-36(44)37-26-34(27-47(56)48(37)55)33-16-14-13-15-17-33/h13-19,26-32H,20-25H2,1-12H3. The predicted molar refractivity (Wildman–Crippen MR) is 243 cm³/mol. The Bertz CT molecular complexity index is 2490. The second kappa shape index (κ2) is 11.3. The molecule has 2 heterocycles. The molecular weight excluding hydrogens is 673 g/mol. The van der Waals surface area contributed by atoms with E-state index in [4.69, 9.17) is 0 Å². The Morgan fingerprint density at radius 2 is 0.875 bits per heavy atom. The molecule has 0 atom stereocenters. The highest BCUT2D eigenvalue weighted by Crippen LogP contribution is 2.53. The quantitative estimate of drug-likeness (QED) is 0.160. The van der Waals surface area contributed by atoms with E-state index in [1.807, 2.05) is 0 Å². The van der Waals surface area contributed by atoms with Crippen LogP contribution >= 0.6 is 0 Å². The molecule has 5 aliphatic rings. The van der Waals surface area contributed by atoms with Crippen molar-refractivity contribution in [3.8, 4) is 22.3 Å². The minimum atomic E-state index is 0.104. The zero-order chi connectivity index (χ0) is 39.5. The summed E-state index contributed by atoms with van der Waals surface area (Å²) in [5.74, 6) is 0. The normalized spacial score (nSPS) is 21.9. The van der Waals surface area contributed by atoms with E-state index in [9.17, 15) is 0 Å². The van der Waals surface area contributed by atoms with Crippen LogP contribution in [0, 0.1) is 0 Å². The lowest BCUT2D eigenvalue weighted by molar-refractivity contribution is 0.332. The number of rotatable bonds is 2. The zero-order valence-corrected chi connectivity index (χ0v) is 36.4. The molecule has 0 amide bonds. The Balaban J connectivity index is 1.34. The summed E-state index contributed by atoms with van der Waals surface area (Å²) >= 11 is 0. The van der Waals surface area contributed by atoms with E-state index in [2.05, 4.69) is 173 Å². The number of hydrogen-bond donors (Lipinski definition) is 0. The molecule has 0 fully saturated rings. The minimum Gasteiger partial charge on any atom is -0.311 e. The molecule has 286 valence electrons. The van der Waals surface area contributed by atoms with Crippen molar-refractivity contribution in [2.45, 2.75) is 154 Å². The molecule has 0 spiro atoms. The smallest absolute Gasteiger partial charge is 0.248 e. The Labute approximate surface area is 338 Å². The molecule has 10 rings (SSSR count). The first kappa shape index (κ1) is 36.3. The maximum Gasteiger partial charge on any atom is 0.248 e. The summed E-state index contributed by atoms with van der Waals surface area (Å²) in [5.41, 5.74) is 24.0. The summed E-state index contributed by atoms with van der Waals surface area (Å²) in [6.07, 6.45) is 7.29. The minimum absolute atomic E-state index is 0.104. The first-order valence-corrected chi connectivity index (χ1v) is 21.8. The van der Waals surface area contributed by atoms with E-state index >= 15 is 0 Å². The highest BCUT2D eigenvalue weighted by atomic mass is 15.2. The topological polar surface area (TPSA) is 3.24 Å². The summed E-state index contributed by atoms with van der Waals surface area (Å²) in [5, 5.41) is 0. The van der Waals surface area contributed by atoms with Crippen molar-refractivity contribution in [3.63, 3.8) is 0 Å². The van der Waals surface area contributed by atoms with E-state index in [1.165, 1.54) is 111 Å². The SMILES string of the molecule is CC1(C)CCC(C)(C)c2cc(N3c4cc5c(cc4B4c6cc7c(cc6-c6cc(-c8ccccc8)cc3c64)C(C)(C)CCC7(C)C)C(C)(C)CCC5(C)C)ccc21. The Morgan fingerprint density at radius 3 is 1.45 bits per heavy atom. The summed E-state index contributed by atoms with van der Waals surface area (Å²) in [7, 11) is 0. The van der Waals surface area contributed by atoms with Gasteiger partial charge in [0.2, 0.25) is 6.71 Å². The van der Waals surface area contributed by atoms with E-state index in [1.54, 1.807) is 16.7 Å². The maximum atomic E-state index is 2.71. The van der Waals surface area contributed by atoms with Gasteiger partial charge in [0.15, 0.2) is 0 Å². The molecule has 0 bridgehead atoms. The van der Waals surface area contributed by atoms with Crippen molar-refractivity contribution in [1.82, 2.24) is 0 Å². The summed E-state index contributed by atoms with van der Waals surface area (Å²) < 4.78 is 0. The van der Waals surface area contributed by atoms with Crippen molar-refractivity contribution in [2.24, 2.45) is 0 Å². The van der Waals surface area contributed by atoms with Crippen molar-refractivity contribution in [1.29, 1.82) is 0 Å². The van der Waals surface area contributed by atoms with Crippen molar-refractivity contribution in [3.05, 3.63) is 118 Å². The molecule has 5 aromatic rings. The van der Waals surface area contributed by atoms with Crippen LogP contribution in [0.1, 0.15) is 155 Å². The molecule has 2 heteroatoms. The maximum absolute atomic E-state index is 2.71. The van der Waals surface area contributed by atoms with Crippen LogP contribution in [0.15, 0.2) is 84.9 Å². The Kier molecular flexibility index (Phi) is 7.35. The molecule has 2 aliphatic heterocycles. The van der Waals surface area contributed by atoms with Crippen LogP contribution in [0.3, 0.4) is 0 Å². The van der Waals surface area contributed by atoms with Gasteiger partial charge in [-0.15, -0.1) is 0 Å². The van der Waals surface area contributed by atoms with E-state index in [0.717, 1.165) is 0 Å². The lowest BCUT2D eigenvalue weighted by Crippen LogP contribution is -2.56. The molecule has 0 unspecified atom stereocenters. The van der Waals surface area contributed by atoms with Crippen LogP contribution in [-0.4, -0.2) is 6.71 Å². The van der Waals surface area contributed by atoms with Gasteiger partial charge in [0.05, 0.1) is 0 Å². The van der Waals surface area contributed by atoms with Crippen molar-refractivity contribution in [2.75, 3.05) is 4.90 Å². The fraction of sp³-hybridized carbons (Fsp3) is 0.444. The molecule has 5 aromatic carbocycles. The molecule has 56 heavy (non-hydrogen) atoms. The summed E-state index contributed by atoms with van der Waals surface area (Å²) in [6, 6.07) is 34.5. The molecule has 3 aliphatic carbocycles. The van der Waals surface area contributed by atoms with Gasteiger partial charge in [0, 0.05) is 17.1 Å². The third-order valence-electron chi connectivity index (χ3n) is 16.1. The molecule has 0 N–H and O–H groups in total. The predicted octanol–water partition coefficient (Wildman–Crippen LogP) is 12.7. The number of hydrogen-bond acceptors (Lipinski definition) is 1. The highest BCUT2D eigenvalue weighted by Gasteiger charge is 2.48. The van der Waals surface area contributed by atoms with Crippen molar-refractivity contribution < 1.29 is 0 Å². The molecule has 0 radical (unpaired) electrons. The van der Waals surface area contributed by atoms with Gasteiger partial charge < -0.3 is 4.90 Å². The van der Waals surface area contributed by atoms with Crippen LogP contribution in [0.4, 0.5) is 17.1 Å². The molecule has 0 saturated heterocycles. The van der Waals surface area contributed by atoms with Gasteiger partial charge in [-0.05, 0) is 168 Å². The molecule has 0 saturated carbocycles. The molecule has 1 nitrogen and oxygen atoms in total. The molecular formula is C54H62BN. The van der Waals surface area contributed by atoms with Crippen LogP contribution in [0.5, 0.6) is 0 Å². The van der Waals surface area contributed by atoms with Gasteiger partial charge in [-0.2, -0.15) is 0 Å². The Hall–Kier alpha value is -4.04. The fourth-order valence-electron chi connectivity index (χ4n) is 11.9. The lowest BCUT2D eigenvalue weighted by Gasteiger charge is -2.46.